The molecule has 0 spiro atoms. The van der Waals surface area contributed by atoms with E-state index in [9.17, 15) is 8.78 Å². The van der Waals surface area contributed by atoms with Crippen molar-refractivity contribution in [3.8, 4) is 0 Å². The van der Waals surface area contributed by atoms with Crippen LogP contribution < -0.4 is 5.19 Å². The maximum Gasteiger partial charge on any atom is 0.539 e. The van der Waals surface area contributed by atoms with Gasteiger partial charge < -0.3 is 13.3 Å². The molecule has 0 atom stereocenters. The van der Waals surface area contributed by atoms with Crippen LogP contribution in [-0.2, 0) is 13.3 Å². The molecule has 3 nitrogen and oxygen atoms in total. The van der Waals surface area contributed by atoms with Crippen molar-refractivity contribution in [2.45, 2.75) is 0 Å². The van der Waals surface area contributed by atoms with Gasteiger partial charge in [-0.05, 0) is 18.2 Å². The van der Waals surface area contributed by atoms with E-state index in [2.05, 4.69) is 0 Å². The lowest BCUT2D eigenvalue weighted by Crippen LogP contribution is -2.56. The van der Waals surface area contributed by atoms with E-state index >= 15 is 0 Å². The molecule has 0 fully saturated rings. The average molecular weight is 234 g/mol. The molecule has 0 radical (unpaired) electrons. The van der Waals surface area contributed by atoms with Crippen LogP contribution >= 0.6 is 0 Å². The van der Waals surface area contributed by atoms with Crippen molar-refractivity contribution in [3.05, 3.63) is 29.8 Å². The highest BCUT2D eigenvalue weighted by atomic mass is 28.4. The summed E-state index contributed by atoms with van der Waals surface area (Å²) in [7, 11) is 0.726. The van der Waals surface area contributed by atoms with E-state index in [4.69, 9.17) is 13.3 Å². The predicted molar refractivity (Wildman–Crippen MR) is 52.8 cm³/mol. The third-order valence-corrected chi connectivity index (χ3v) is 4.72. The van der Waals surface area contributed by atoms with E-state index in [0.717, 1.165) is 18.2 Å². The Morgan fingerprint density at radius 2 is 1.53 bits per heavy atom. The van der Waals surface area contributed by atoms with E-state index in [0.29, 0.717) is 0 Å². The van der Waals surface area contributed by atoms with Crippen molar-refractivity contribution in [2.75, 3.05) is 21.3 Å². The molecule has 0 amide bonds. The highest BCUT2D eigenvalue weighted by Gasteiger charge is 2.43. The molecule has 84 valence electrons. The number of hydrogen-bond donors (Lipinski definition) is 0. The summed E-state index contributed by atoms with van der Waals surface area (Å²) < 4.78 is 41.6. The summed E-state index contributed by atoms with van der Waals surface area (Å²) in [6, 6.07) is 3.07. The smallest absolute Gasteiger partial charge is 0.373 e. The fourth-order valence-corrected chi connectivity index (χ4v) is 3.16. The first-order valence-corrected chi connectivity index (χ1v) is 5.93. The SMILES string of the molecule is CO[Si](OC)(OC)c1cc(F)ccc1F. The zero-order chi connectivity index (χ0) is 11.5. The number of hydrogen-bond acceptors (Lipinski definition) is 3. The highest BCUT2D eigenvalue weighted by Crippen LogP contribution is 2.10. The first-order valence-electron chi connectivity index (χ1n) is 4.20. The van der Waals surface area contributed by atoms with Gasteiger partial charge in [-0.3, -0.25) is 0 Å². The van der Waals surface area contributed by atoms with Crippen LogP contribution in [0.4, 0.5) is 8.78 Å². The van der Waals surface area contributed by atoms with Crippen molar-refractivity contribution in [2.24, 2.45) is 0 Å². The zero-order valence-corrected chi connectivity index (χ0v) is 9.71. The fourth-order valence-electron chi connectivity index (χ4n) is 1.31. The molecule has 15 heavy (non-hydrogen) atoms. The van der Waals surface area contributed by atoms with Crippen LogP contribution in [0.5, 0.6) is 0 Å². The summed E-state index contributed by atoms with van der Waals surface area (Å²) in [5, 5.41) is -0.00463. The molecule has 1 aromatic carbocycles. The van der Waals surface area contributed by atoms with Gasteiger partial charge in [0.15, 0.2) is 0 Å². The largest absolute Gasteiger partial charge is 0.539 e. The van der Waals surface area contributed by atoms with E-state index in [1.807, 2.05) is 0 Å². The molecular weight excluding hydrogens is 222 g/mol. The lowest BCUT2D eigenvalue weighted by Gasteiger charge is -2.24. The van der Waals surface area contributed by atoms with Gasteiger partial charge in [-0.2, -0.15) is 0 Å². The summed E-state index contributed by atoms with van der Waals surface area (Å²) in [6.07, 6.45) is 0. The molecule has 0 aliphatic rings. The van der Waals surface area contributed by atoms with Gasteiger partial charge in [-0.15, -0.1) is 0 Å². The first kappa shape index (κ1) is 12.2. The molecule has 0 N–H and O–H groups in total. The molecule has 0 saturated carbocycles. The van der Waals surface area contributed by atoms with Crippen molar-refractivity contribution in [3.63, 3.8) is 0 Å². The predicted octanol–water partition coefficient (Wildman–Crippen LogP) is 1.05. The number of rotatable bonds is 4. The van der Waals surface area contributed by atoms with Crippen LogP contribution in [0.2, 0.25) is 0 Å². The third kappa shape index (κ3) is 2.23. The van der Waals surface area contributed by atoms with E-state index in [1.54, 1.807) is 0 Å². The second-order valence-electron chi connectivity index (χ2n) is 2.79. The molecule has 0 unspecified atom stereocenters. The van der Waals surface area contributed by atoms with Gasteiger partial charge in [-0.25, -0.2) is 8.78 Å². The molecule has 0 aliphatic heterocycles. The maximum atomic E-state index is 13.5. The Hall–Kier alpha value is -0.823. The lowest BCUT2D eigenvalue weighted by atomic mass is 10.3. The van der Waals surface area contributed by atoms with Crippen molar-refractivity contribution in [1.82, 2.24) is 0 Å². The molecule has 1 rings (SSSR count). The summed E-state index contributed by atoms with van der Waals surface area (Å²) in [5.41, 5.74) is 0. The van der Waals surface area contributed by atoms with Gasteiger partial charge in [0.05, 0.1) is 5.19 Å². The highest BCUT2D eigenvalue weighted by molar-refractivity contribution is 6.75. The third-order valence-electron chi connectivity index (χ3n) is 2.06. The van der Waals surface area contributed by atoms with Crippen LogP contribution in [0.3, 0.4) is 0 Å². The Labute approximate surface area is 87.9 Å². The van der Waals surface area contributed by atoms with Gasteiger partial charge in [0.2, 0.25) is 0 Å². The molecule has 0 aromatic heterocycles. The maximum absolute atomic E-state index is 13.5. The van der Waals surface area contributed by atoms with E-state index in [-0.39, 0.29) is 5.19 Å². The van der Waals surface area contributed by atoms with Crippen LogP contribution in [0.25, 0.3) is 0 Å². The van der Waals surface area contributed by atoms with Crippen molar-refractivity contribution in [1.29, 1.82) is 0 Å². The Morgan fingerprint density at radius 1 is 1.00 bits per heavy atom. The van der Waals surface area contributed by atoms with Crippen LogP contribution in [0, 0.1) is 11.6 Å². The minimum Gasteiger partial charge on any atom is -0.373 e. The number of benzene rings is 1. The van der Waals surface area contributed by atoms with Crippen LogP contribution in [0.15, 0.2) is 18.2 Å². The topological polar surface area (TPSA) is 27.7 Å². The lowest BCUT2D eigenvalue weighted by molar-refractivity contribution is 0.139. The second kappa shape index (κ2) is 4.80. The molecule has 0 saturated heterocycles. The standard InChI is InChI=1S/C9H12F2O3Si/c1-12-15(13-2,14-3)9-6-7(10)4-5-8(9)11/h4-6H,1-3H3. The molecular formula is C9H12F2O3Si. The molecule has 0 aliphatic carbocycles. The summed E-state index contributed by atoms with van der Waals surface area (Å²) >= 11 is 0. The fraction of sp³-hybridized carbons (Fsp3) is 0.333. The van der Waals surface area contributed by atoms with Crippen LogP contribution in [0.1, 0.15) is 0 Å². The van der Waals surface area contributed by atoms with Gasteiger partial charge in [0.1, 0.15) is 11.6 Å². The van der Waals surface area contributed by atoms with E-state index in [1.165, 1.54) is 21.3 Å². The molecule has 6 heteroatoms. The summed E-state index contributed by atoms with van der Waals surface area (Å²) in [4.78, 5) is 0. The second-order valence-corrected chi connectivity index (χ2v) is 5.67. The minimum atomic E-state index is -3.28. The van der Waals surface area contributed by atoms with Gasteiger partial charge >= 0.3 is 8.80 Å². The minimum absolute atomic E-state index is 0.00463. The quantitative estimate of drug-likeness (QED) is 0.729. The molecule has 1 aromatic rings. The summed E-state index contributed by atoms with van der Waals surface area (Å²) in [6.45, 7) is 0. The van der Waals surface area contributed by atoms with E-state index < -0.39 is 20.4 Å². The van der Waals surface area contributed by atoms with Crippen molar-refractivity contribution < 1.29 is 22.1 Å². The monoisotopic (exact) mass is 234 g/mol. The Kier molecular flexibility index (Phi) is 3.92. The normalized spacial score (nSPS) is 11.8. The first-order chi connectivity index (χ1) is 7.09. The molecule has 0 heterocycles. The molecule has 0 bridgehead atoms. The Balaban J connectivity index is 3.27. The number of halogens is 2. The van der Waals surface area contributed by atoms with Crippen molar-refractivity contribution >= 4 is 14.0 Å². The van der Waals surface area contributed by atoms with Gasteiger partial charge in [0, 0.05) is 21.3 Å². The zero-order valence-electron chi connectivity index (χ0n) is 8.71. The summed E-state index contributed by atoms with van der Waals surface area (Å²) in [5.74, 6) is -1.16. The van der Waals surface area contributed by atoms with Gasteiger partial charge in [0.25, 0.3) is 0 Å². The van der Waals surface area contributed by atoms with Crippen LogP contribution in [-0.4, -0.2) is 30.1 Å². The Morgan fingerprint density at radius 3 is 2.00 bits per heavy atom. The Bertz CT molecular complexity index is 334. The van der Waals surface area contributed by atoms with Gasteiger partial charge in [-0.1, -0.05) is 0 Å². The average Bonchev–Trinajstić information content (AvgIpc) is 2.26.